The molecule has 0 saturated carbocycles. The minimum absolute atomic E-state index is 0.184. The summed E-state index contributed by atoms with van der Waals surface area (Å²) in [5, 5.41) is 13.5. The molecule has 0 atom stereocenters. The highest BCUT2D eigenvalue weighted by atomic mass is 16.3. The lowest BCUT2D eigenvalue weighted by Gasteiger charge is -2.32. The monoisotopic (exact) mass is 341 g/mol. The molecule has 0 radical (unpaired) electrons. The van der Waals surface area contributed by atoms with Crippen LogP contribution < -0.4 is 10.0 Å². The average molecular weight is 341 g/mol. The summed E-state index contributed by atoms with van der Waals surface area (Å²) in [4.78, 5) is 6.62. The number of nitrogens with zero attached hydrogens (tertiary/aromatic N) is 2. The maximum Gasteiger partial charge on any atom is 0.415 e. The summed E-state index contributed by atoms with van der Waals surface area (Å²) in [6.07, 6.45) is 12.5. The Hall–Kier alpha value is -3.47. The molecule has 2 aliphatic rings. The summed E-state index contributed by atoms with van der Waals surface area (Å²) >= 11 is 0. The summed E-state index contributed by atoms with van der Waals surface area (Å²) in [5.41, 5.74) is 4.58. The van der Waals surface area contributed by atoms with Crippen molar-refractivity contribution in [3.8, 4) is 5.75 Å². The van der Waals surface area contributed by atoms with Gasteiger partial charge in [0.1, 0.15) is 11.6 Å². The molecule has 0 bridgehead atoms. The van der Waals surface area contributed by atoms with Gasteiger partial charge in [0.2, 0.25) is 0 Å². The van der Waals surface area contributed by atoms with Crippen LogP contribution in [0, 0.1) is 0 Å². The number of phenols is 1. The van der Waals surface area contributed by atoms with E-state index in [0.29, 0.717) is 5.82 Å². The van der Waals surface area contributed by atoms with Crippen LogP contribution in [0.3, 0.4) is 0 Å². The van der Waals surface area contributed by atoms with Gasteiger partial charge in [-0.1, -0.05) is 62.8 Å². The van der Waals surface area contributed by atoms with Gasteiger partial charge in [-0.15, -0.1) is 0 Å². The van der Waals surface area contributed by atoms with Gasteiger partial charge in [-0.25, -0.2) is 4.99 Å². The number of allylic oxidation sites excluding steroid dienone is 9. The van der Waals surface area contributed by atoms with E-state index in [4.69, 9.17) is 0 Å². The second-order valence-electron chi connectivity index (χ2n) is 5.74. The van der Waals surface area contributed by atoms with Crippen molar-refractivity contribution in [3.63, 3.8) is 0 Å². The molecule has 4 nitrogen and oxygen atoms in total. The van der Waals surface area contributed by atoms with E-state index in [0.717, 1.165) is 28.0 Å². The Morgan fingerprint density at radius 3 is 2.50 bits per heavy atom. The Balaban J connectivity index is 2.32. The Morgan fingerprint density at radius 1 is 1.08 bits per heavy atom. The van der Waals surface area contributed by atoms with Crippen LogP contribution in [-0.4, -0.2) is 18.3 Å². The number of benzene rings is 1. The van der Waals surface area contributed by atoms with Crippen LogP contribution in [0.4, 0.5) is 11.4 Å². The first-order chi connectivity index (χ1) is 12.7. The summed E-state index contributed by atoms with van der Waals surface area (Å²) < 4.78 is 0. The minimum atomic E-state index is -0.184. The van der Waals surface area contributed by atoms with E-state index in [-0.39, 0.29) is 12.7 Å². The summed E-state index contributed by atoms with van der Waals surface area (Å²) in [6, 6.07) is 5.24. The van der Waals surface area contributed by atoms with E-state index in [1.807, 2.05) is 29.1 Å². The third-order valence-corrected chi connectivity index (χ3v) is 4.28. The topological polar surface area (TPSA) is 47.9 Å². The molecule has 0 unspecified atom stereocenters. The van der Waals surface area contributed by atoms with E-state index < -0.39 is 0 Å². The SMILES string of the molecule is C=CC=NC1=C(C=C)C(C=C)=C(/C=C\C=C)B2Nc3ccc(O)cc3N21. The zero-order valence-corrected chi connectivity index (χ0v) is 14.5. The maximum absolute atomic E-state index is 9.98. The van der Waals surface area contributed by atoms with E-state index >= 15 is 0 Å². The van der Waals surface area contributed by atoms with Crippen molar-refractivity contribution < 1.29 is 5.11 Å². The Morgan fingerprint density at radius 2 is 1.85 bits per heavy atom. The molecule has 3 rings (SSSR count). The van der Waals surface area contributed by atoms with Gasteiger partial charge in [0, 0.05) is 23.5 Å². The molecule has 0 spiro atoms. The first-order valence-corrected chi connectivity index (χ1v) is 8.23. The third kappa shape index (κ3) is 2.73. The molecule has 0 amide bonds. The highest BCUT2D eigenvalue weighted by molar-refractivity contribution is 6.78. The average Bonchev–Trinajstić information content (AvgIpc) is 3.02. The molecule has 1 aromatic carbocycles. The Kier molecular flexibility index (Phi) is 4.80. The Bertz CT molecular complexity index is 921. The van der Waals surface area contributed by atoms with Crippen molar-refractivity contribution in [2.45, 2.75) is 0 Å². The summed E-state index contributed by atoms with van der Waals surface area (Å²) in [5.74, 6) is 0.910. The molecular formula is C21H20BN3O. The highest BCUT2D eigenvalue weighted by Crippen LogP contribution is 2.45. The molecule has 0 saturated heterocycles. The quantitative estimate of drug-likeness (QED) is 0.346. The van der Waals surface area contributed by atoms with Crippen LogP contribution in [0.15, 0.2) is 108 Å². The molecule has 0 aromatic heterocycles. The van der Waals surface area contributed by atoms with E-state index in [1.165, 1.54) is 0 Å². The van der Waals surface area contributed by atoms with Gasteiger partial charge in [-0.2, -0.15) is 0 Å². The predicted molar refractivity (Wildman–Crippen MR) is 112 cm³/mol. The van der Waals surface area contributed by atoms with Crippen molar-refractivity contribution in [2.75, 3.05) is 10.0 Å². The van der Waals surface area contributed by atoms with E-state index in [2.05, 4.69) is 36.5 Å². The molecule has 0 fully saturated rings. The first kappa shape index (κ1) is 17.4. The van der Waals surface area contributed by atoms with Gasteiger partial charge in [0.25, 0.3) is 0 Å². The van der Waals surface area contributed by atoms with Crippen LogP contribution in [0.1, 0.15) is 0 Å². The molecule has 26 heavy (non-hydrogen) atoms. The van der Waals surface area contributed by atoms with Crippen molar-refractivity contribution in [1.29, 1.82) is 0 Å². The standard InChI is InChI=1S/C21H20BN3O/c1-5-9-10-18-16(7-3)17(8-4)21(23-13-6-2)25-20-14-15(26)11-12-19(20)24-22(18)25/h5-14,24,26H,1-4H2/b10-9-,23-13?. The number of rotatable bonds is 6. The zero-order valence-electron chi connectivity index (χ0n) is 14.5. The number of phenolic OH excluding ortho intramolecular Hbond substituents is 1. The van der Waals surface area contributed by atoms with Crippen LogP contribution in [0.25, 0.3) is 0 Å². The normalized spacial score (nSPS) is 16.0. The minimum Gasteiger partial charge on any atom is -0.508 e. The highest BCUT2D eigenvalue weighted by Gasteiger charge is 2.43. The molecule has 128 valence electrons. The lowest BCUT2D eigenvalue weighted by Crippen LogP contribution is -2.45. The number of fused-ring (bicyclic) bond motifs is 3. The van der Waals surface area contributed by atoms with Gasteiger partial charge < -0.3 is 15.1 Å². The van der Waals surface area contributed by atoms with Crippen LogP contribution >= 0.6 is 0 Å². The lowest BCUT2D eigenvalue weighted by molar-refractivity contribution is 0.475. The van der Waals surface area contributed by atoms with Gasteiger partial charge in [0.05, 0.1) is 5.69 Å². The van der Waals surface area contributed by atoms with Crippen LogP contribution in [-0.2, 0) is 0 Å². The molecule has 1 aromatic rings. The molecule has 2 heterocycles. The second-order valence-corrected chi connectivity index (χ2v) is 5.74. The van der Waals surface area contributed by atoms with Crippen LogP contribution in [0.2, 0.25) is 0 Å². The lowest BCUT2D eigenvalue weighted by atomic mass is 9.61. The predicted octanol–water partition coefficient (Wildman–Crippen LogP) is 4.54. The smallest absolute Gasteiger partial charge is 0.415 e. The van der Waals surface area contributed by atoms with Crippen molar-refractivity contribution >= 4 is 24.6 Å². The largest absolute Gasteiger partial charge is 0.508 e. The molecule has 5 heteroatoms. The van der Waals surface area contributed by atoms with Crippen LogP contribution in [0.5, 0.6) is 5.75 Å². The first-order valence-electron chi connectivity index (χ1n) is 8.23. The second kappa shape index (κ2) is 7.19. The third-order valence-electron chi connectivity index (χ3n) is 4.28. The van der Waals surface area contributed by atoms with Gasteiger partial charge in [0.15, 0.2) is 0 Å². The fourth-order valence-corrected chi connectivity index (χ4v) is 3.24. The van der Waals surface area contributed by atoms with Crippen molar-refractivity contribution in [1.82, 2.24) is 0 Å². The van der Waals surface area contributed by atoms with Crippen molar-refractivity contribution in [3.05, 3.63) is 103 Å². The number of hydrogen-bond donors (Lipinski definition) is 2. The summed E-state index contributed by atoms with van der Waals surface area (Å²) in [6.45, 7) is 15.2. The van der Waals surface area contributed by atoms with E-state index in [9.17, 15) is 5.11 Å². The molecule has 0 aliphatic carbocycles. The fourth-order valence-electron chi connectivity index (χ4n) is 3.24. The zero-order chi connectivity index (χ0) is 18.7. The Labute approximate surface area is 154 Å². The number of hydrogen-bond acceptors (Lipinski definition) is 4. The summed E-state index contributed by atoms with van der Waals surface area (Å²) in [7, 11) is 0. The number of aromatic hydroxyl groups is 1. The van der Waals surface area contributed by atoms with Crippen molar-refractivity contribution in [2.24, 2.45) is 4.99 Å². The van der Waals surface area contributed by atoms with Gasteiger partial charge in [-0.05, 0) is 23.2 Å². The van der Waals surface area contributed by atoms with Gasteiger partial charge in [-0.3, -0.25) is 0 Å². The fraction of sp³-hybridized carbons (Fsp3) is 0. The number of anilines is 2. The molecular weight excluding hydrogens is 321 g/mol. The van der Waals surface area contributed by atoms with E-state index in [1.54, 1.807) is 36.6 Å². The molecule has 2 N–H and O–H groups in total. The molecule has 2 aliphatic heterocycles. The number of aliphatic imine (C=N–C) groups is 1. The maximum atomic E-state index is 9.98. The van der Waals surface area contributed by atoms with Gasteiger partial charge >= 0.3 is 6.98 Å². The number of nitrogens with one attached hydrogen (secondary N) is 1.